The number of hydrogen-bond acceptors (Lipinski definition) is 4. The highest BCUT2D eigenvalue weighted by Crippen LogP contribution is 2.16. The van der Waals surface area contributed by atoms with Gasteiger partial charge in [-0.15, -0.1) is 0 Å². The average molecular weight is 298 g/mol. The predicted molar refractivity (Wildman–Crippen MR) is 72.1 cm³/mol. The number of rotatable bonds is 4. The number of sulfonamides is 1. The third-order valence-corrected chi connectivity index (χ3v) is 4.55. The zero-order chi connectivity index (χ0) is 13.9. The summed E-state index contributed by atoms with van der Waals surface area (Å²) >= 11 is 5.64. The smallest absolute Gasteiger partial charge is 0.244 e. The Labute approximate surface area is 116 Å². The molecule has 0 spiro atoms. The molecule has 19 heavy (non-hydrogen) atoms. The van der Waals surface area contributed by atoms with Crippen molar-refractivity contribution in [2.24, 2.45) is 0 Å². The topological polar surface area (TPSA) is 63.2 Å². The van der Waals surface area contributed by atoms with Crippen LogP contribution in [-0.4, -0.2) is 29.7 Å². The molecule has 0 fully saturated rings. The van der Waals surface area contributed by atoms with Crippen molar-refractivity contribution in [3.05, 3.63) is 53.6 Å². The lowest BCUT2D eigenvalue weighted by molar-refractivity contribution is 0.466. The van der Waals surface area contributed by atoms with Crippen LogP contribution in [0.15, 0.2) is 47.8 Å². The van der Waals surface area contributed by atoms with Gasteiger partial charge >= 0.3 is 0 Å². The Morgan fingerprint density at radius 2 is 2.05 bits per heavy atom. The fourth-order valence-corrected chi connectivity index (χ4v) is 2.75. The van der Waals surface area contributed by atoms with Crippen LogP contribution in [0.2, 0.25) is 5.15 Å². The molecule has 2 aromatic heterocycles. The average Bonchev–Trinajstić information content (AvgIpc) is 2.40. The number of pyridine rings is 2. The molecule has 0 aromatic carbocycles. The Morgan fingerprint density at radius 3 is 2.63 bits per heavy atom. The Bertz CT molecular complexity index is 644. The van der Waals surface area contributed by atoms with E-state index >= 15 is 0 Å². The molecule has 2 aromatic rings. The summed E-state index contributed by atoms with van der Waals surface area (Å²) in [4.78, 5) is 7.85. The van der Waals surface area contributed by atoms with Gasteiger partial charge in [0.1, 0.15) is 10.0 Å². The molecule has 0 aliphatic rings. The normalized spacial score (nSPS) is 11.7. The van der Waals surface area contributed by atoms with Gasteiger partial charge in [-0.1, -0.05) is 17.7 Å². The van der Waals surface area contributed by atoms with E-state index in [1.54, 1.807) is 18.5 Å². The van der Waals surface area contributed by atoms with E-state index in [0.29, 0.717) is 0 Å². The van der Waals surface area contributed by atoms with Crippen molar-refractivity contribution in [2.75, 3.05) is 7.05 Å². The Morgan fingerprint density at radius 1 is 1.26 bits per heavy atom. The molecule has 0 bridgehead atoms. The Hall–Kier alpha value is -1.50. The van der Waals surface area contributed by atoms with Crippen molar-refractivity contribution in [2.45, 2.75) is 11.4 Å². The Balaban J connectivity index is 2.22. The summed E-state index contributed by atoms with van der Waals surface area (Å²) in [6, 6.07) is 6.47. The van der Waals surface area contributed by atoms with Gasteiger partial charge in [0, 0.05) is 32.2 Å². The molecule has 0 unspecified atom stereocenters. The third kappa shape index (κ3) is 3.28. The van der Waals surface area contributed by atoms with Gasteiger partial charge in [0.2, 0.25) is 10.0 Å². The maximum atomic E-state index is 12.3. The zero-order valence-electron chi connectivity index (χ0n) is 10.2. The summed E-state index contributed by atoms with van der Waals surface area (Å²) in [5, 5.41) is 0.258. The van der Waals surface area contributed by atoms with Gasteiger partial charge in [-0.05, 0) is 23.8 Å². The van der Waals surface area contributed by atoms with Gasteiger partial charge in [0.15, 0.2) is 0 Å². The van der Waals surface area contributed by atoms with Crippen LogP contribution in [0.25, 0.3) is 0 Å². The number of nitrogens with zero attached hydrogens (tertiary/aromatic N) is 3. The van der Waals surface area contributed by atoms with E-state index in [-0.39, 0.29) is 16.6 Å². The second-order valence-corrected chi connectivity index (χ2v) is 6.37. The fourth-order valence-electron chi connectivity index (χ4n) is 1.53. The van der Waals surface area contributed by atoms with E-state index in [0.717, 1.165) is 5.56 Å². The van der Waals surface area contributed by atoms with Gasteiger partial charge in [-0.2, -0.15) is 4.31 Å². The van der Waals surface area contributed by atoms with Crippen LogP contribution in [0.1, 0.15) is 5.56 Å². The first kappa shape index (κ1) is 13.9. The summed E-state index contributed by atoms with van der Waals surface area (Å²) in [5.41, 5.74) is 0.815. The molecule has 0 amide bonds. The van der Waals surface area contributed by atoms with Crippen molar-refractivity contribution >= 4 is 21.6 Å². The quantitative estimate of drug-likeness (QED) is 0.809. The molecule has 0 radical (unpaired) electrons. The van der Waals surface area contributed by atoms with E-state index < -0.39 is 10.0 Å². The second kappa shape index (κ2) is 5.64. The molecule has 0 atom stereocenters. The molecule has 7 heteroatoms. The minimum absolute atomic E-state index is 0.114. The molecular weight excluding hydrogens is 286 g/mol. The standard InChI is InChI=1S/C12H12ClN3O2S/c1-16(9-10-3-2-6-14-7-10)19(17,18)11-4-5-12(13)15-8-11/h2-8H,9H2,1H3. The first-order chi connectivity index (χ1) is 9.00. The first-order valence-corrected chi connectivity index (χ1v) is 7.29. The van der Waals surface area contributed by atoms with Crippen molar-refractivity contribution in [3.63, 3.8) is 0 Å². The lowest BCUT2D eigenvalue weighted by Gasteiger charge is -2.16. The van der Waals surface area contributed by atoms with Gasteiger partial charge < -0.3 is 0 Å². The number of aromatic nitrogens is 2. The minimum atomic E-state index is -3.57. The summed E-state index contributed by atoms with van der Waals surface area (Å²) in [5.74, 6) is 0. The lowest BCUT2D eigenvalue weighted by Crippen LogP contribution is -2.26. The van der Waals surface area contributed by atoms with Crippen molar-refractivity contribution in [1.29, 1.82) is 0 Å². The SMILES string of the molecule is CN(Cc1cccnc1)S(=O)(=O)c1ccc(Cl)nc1. The highest BCUT2D eigenvalue weighted by molar-refractivity contribution is 7.89. The van der Waals surface area contributed by atoms with E-state index in [2.05, 4.69) is 9.97 Å². The van der Waals surface area contributed by atoms with Crippen LogP contribution in [-0.2, 0) is 16.6 Å². The lowest BCUT2D eigenvalue weighted by atomic mass is 10.3. The van der Waals surface area contributed by atoms with E-state index in [1.165, 1.54) is 29.7 Å². The van der Waals surface area contributed by atoms with Crippen LogP contribution in [0.4, 0.5) is 0 Å². The first-order valence-electron chi connectivity index (χ1n) is 5.47. The summed E-state index contributed by atoms with van der Waals surface area (Å²) < 4.78 is 25.8. The molecule has 100 valence electrons. The fraction of sp³-hybridized carbons (Fsp3) is 0.167. The molecule has 0 aliphatic heterocycles. The molecule has 0 saturated heterocycles. The van der Waals surface area contributed by atoms with E-state index in [4.69, 9.17) is 11.6 Å². The van der Waals surface area contributed by atoms with Gasteiger partial charge in [-0.25, -0.2) is 13.4 Å². The predicted octanol–water partition coefficient (Wildman–Crippen LogP) is 1.95. The summed E-state index contributed by atoms with van der Waals surface area (Å²) in [7, 11) is -2.06. The third-order valence-electron chi connectivity index (χ3n) is 2.54. The largest absolute Gasteiger partial charge is 0.264 e. The van der Waals surface area contributed by atoms with Crippen LogP contribution in [0.5, 0.6) is 0 Å². The zero-order valence-corrected chi connectivity index (χ0v) is 11.8. The summed E-state index contributed by atoms with van der Waals surface area (Å²) in [6.07, 6.45) is 4.52. The van der Waals surface area contributed by atoms with Crippen LogP contribution >= 0.6 is 11.6 Å². The molecule has 0 saturated carbocycles. The maximum absolute atomic E-state index is 12.3. The van der Waals surface area contributed by atoms with Gasteiger partial charge in [0.05, 0.1) is 0 Å². The van der Waals surface area contributed by atoms with Gasteiger partial charge in [0.25, 0.3) is 0 Å². The van der Waals surface area contributed by atoms with Crippen molar-refractivity contribution < 1.29 is 8.42 Å². The van der Waals surface area contributed by atoms with Crippen LogP contribution < -0.4 is 0 Å². The second-order valence-electron chi connectivity index (χ2n) is 3.94. The van der Waals surface area contributed by atoms with Crippen LogP contribution in [0.3, 0.4) is 0 Å². The van der Waals surface area contributed by atoms with Gasteiger partial charge in [-0.3, -0.25) is 4.98 Å². The molecular formula is C12H12ClN3O2S. The van der Waals surface area contributed by atoms with Crippen LogP contribution in [0, 0.1) is 0 Å². The highest BCUT2D eigenvalue weighted by Gasteiger charge is 2.21. The van der Waals surface area contributed by atoms with Crippen molar-refractivity contribution in [3.8, 4) is 0 Å². The molecule has 2 rings (SSSR count). The highest BCUT2D eigenvalue weighted by atomic mass is 35.5. The number of hydrogen-bond donors (Lipinski definition) is 0. The molecule has 0 N–H and O–H groups in total. The molecule has 2 heterocycles. The minimum Gasteiger partial charge on any atom is -0.264 e. The number of halogens is 1. The summed E-state index contributed by atoms with van der Waals surface area (Å²) in [6.45, 7) is 0.249. The van der Waals surface area contributed by atoms with E-state index in [9.17, 15) is 8.42 Å². The maximum Gasteiger partial charge on any atom is 0.244 e. The molecule has 0 aliphatic carbocycles. The molecule has 5 nitrogen and oxygen atoms in total. The van der Waals surface area contributed by atoms with Crippen molar-refractivity contribution in [1.82, 2.24) is 14.3 Å². The monoisotopic (exact) mass is 297 g/mol. The Kier molecular flexibility index (Phi) is 4.14. The van der Waals surface area contributed by atoms with E-state index in [1.807, 2.05) is 6.07 Å².